The molecule has 0 amide bonds. The molecular formula is C23H30FN2O7PS. The maximum atomic E-state index is 15.4. The first-order chi connectivity index (χ1) is 16.4. The molecule has 192 valence electrons. The fraction of sp³-hybridized carbons (Fsp3) is 0.522. The SMILES string of the molecule is CC(C)OC(=O)[C@H](C)CP(=O)(OC[C@@H]1CC(C)(F)[C@H](n2ccc(=O)[nH]c2=S)O1)Oc1ccccc1. The van der Waals surface area contributed by atoms with Crippen molar-refractivity contribution in [1.82, 2.24) is 9.55 Å². The van der Waals surface area contributed by atoms with Crippen molar-refractivity contribution < 1.29 is 32.3 Å². The number of aromatic nitrogens is 2. The quantitative estimate of drug-likeness (QED) is 0.266. The maximum absolute atomic E-state index is 15.4. The number of nitrogens with zero attached hydrogens (tertiary/aromatic N) is 1. The third kappa shape index (κ3) is 7.33. The number of carbonyl (C=O) groups is 1. The van der Waals surface area contributed by atoms with Gasteiger partial charge in [0.05, 0.1) is 30.9 Å². The maximum Gasteiger partial charge on any atom is 0.380 e. The Morgan fingerprint density at radius 3 is 2.63 bits per heavy atom. The summed E-state index contributed by atoms with van der Waals surface area (Å²) in [5.41, 5.74) is -2.25. The fourth-order valence-corrected chi connectivity index (χ4v) is 5.84. The molecule has 5 atom stereocenters. The first-order valence-electron chi connectivity index (χ1n) is 11.2. The van der Waals surface area contributed by atoms with Crippen molar-refractivity contribution in [2.24, 2.45) is 5.92 Å². The molecule has 1 saturated heterocycles. The number of esters is 1. The van der Waals surface area contributed by atoms with Crippen LogP contribution in [0.4, 0.5) is 4.39 Å². The molecular weight excluding hydrogens is 498 g/mol. The van der Waals surface area contributed by atoms with Crippen LogP contribution in [-0.4, -0.2) is 46.2 Å². The zero-order valence-corrected chi connectivity index (χ0v) is 21.7. The molecule has 0 bridgehead atoms. The summed E-state index contributed by atoms with van der Waals surface area (Å²) in [5, 5.41) is 0. The van der Waals surface area contributed by atoms with Gasteiger partial charge in [-0.25, -0.2) is 8.96 Å². The summed E-state index contributed by atoms with van der Waals surface area (Å²) in [5.74, 6) is -0.989. The van der Waals surface area contributed by atoms with Crippen LogP contribution in [0, 0.1) is 10.7 Å². The fourth-order valence-electron chi connectivity index (χ4n) is 3.70. The minimum Gasteiger partial charge on any atom is -0.463 e. The molecule has 1 aliphatic rings. The molecule has 1 aromatic heterocycles. The lowest BCUT2D eigenvalue weighted by Crippen LogP contribution is -2.29. The highest BCUT2D eigenvalue weighted by molar-refractivity contribution is 7.71. The average Bonchev–Trinajstić information content (AvgIpc) is 3.06. The number of ether oxygens (including phenoxy) is 2. The minimum absolute atomic E-state index is 0.0171. The van der Waals surface area contributed by atoms with Crippen LogP contribution >= 0.6 is 19.8 Å². The van der Waals surface area contributed by atoms with Gasteiger partial charge in [-0.2, -0.15) is 0 Å². The minimum atomic E-state index is -3.87. The number of hydrogen-bond acceptors (Lipinski definition) is 8. The summed E-state index contributed by atoms with van der Waals surface area (Å²) in [7, 11) is -3.87. The molecule has 0 spiro atoms. The van der Waals surface area contributed by atoms with E-state index in [2.05, 4.69) is 4.98 Å². The average molecular weight is 529 g/mol. The standard InChI is InChI=1S/C23H30FN2O7PS/c1-15(2)31-20(28)16(3)14-34(29,33-17-8-6-5-7-9-17)30-13-18-12-23(4,24)21(32-18)26-11-10-19(27)25-22(26)35/h5-11,15-16,18,21H,12-14H2,1-4H3,(H,25,27,35)/t16-,18+,21-,23?,34?/m1/s1. The third-order valence-corrected chi connectivity index (χ3v) is 7.60. The van der Waals surface area contributed by atoms with Crippen LogP contribution in [0.25, 0.3) is 0 Å². The first-order valence-corrected chi connectivity index (χ1v) is 13.4. The molecule has 1 aliphatic heterocycles. The molecule has 1 fully saturated rings. The number of aromatic amines is 1. The summed E-state index contributed by atoms with van der Waals surface area (Å²) in [4.78, 5) is 26.2. The number of para-hydroxylation sites is 1. The second-order valence-electron chi connectivity index (χ2n) is 8.99. The Bertz CT molecular complexity index is 1180. The Hall–Kier alpha value is -2.33. The van der Waals surface area contributed by atoms with Crippen molar-refractivity contribution in [3.63, 3.8) is 0 Å². The second kappa shape index (κ2) is 11.2. The van der Waals surface area contributed by atoms with E-state index in [1.54, 1.807) is 51.1 Å². The molecule has 2 aromatic rings. The zero-order chi connectivity index (χ0) is 25.8. The van der Waals surface area contributed by atoms with Gasteiger partial charge in [-0.3, -0.25) is 23.7 Å². The van der Waals surface area contributed by atoms with Crippen LogP contribution in [0.3, 0.4) is 0 Å². The number of carbonyl (C=O) groups excluding carboxylic acids is 1. The van der Waals surface area contributed by atoms with Crippen LogP contribution in [0.15, 0.2) is 47.4 Å². The Morgan fingerprint density at radius 1 is 1.31 bits per heavy atom. The normalized spacial score (nSPS) is 24.6. The van der Waals surface area contributed by atoms with E-state index in [0.29, 0.717) is 5.75 Å². The van der Waals surface area contributed by atoms with Gasteiger partial charge in [0, 0.05) is 18.7 Å². The second-order valence-corrected chi connectivity index (χ2v) is 11.4. The highest BCUT2D eigenvalue weighted by Crippen LogP contribution is 2.51. The van der Waals surface area contributed by atoms with Gasteiger partial charge in [0.25, 0.3) is 5.56 Å². The van der Waals surface area contributed by atoms with Crippen molar-refractivity contribution in [3.8, 4) is 5.75 Å². The Morgan fingerprint density at radius 2 is 2.00 bits per heavy atom. The van der Waals surface area contributed by atoms with Crippen LogP contribution in [-0.2, 0) is 23.4 Å². The number of halogens is 1. The number of nitrogens with one attached hydrogen (secondary N) is 1. The van der Waals surface area contributed by atoms with Gasteiger partial charge in [-0.15, -0.1) is 0 Å². The smallest absolute Gasteiger partial charge is 0.380 e. The van der Waals surface area contributed by atoms with Crippen molar-refractivity contribution >= 4 is 25.8 Å². The number of rotatable bonds is 10. The predicted molar refractivity (Wildman–Crippen MR) is 130 cm³/mol. The lowest BCUT2D eigenvalue weighted by Gasteiger charge is -2.24. The highest BCUT2D eigenvalue weighted by atomic mass is 32.1. The first kappa shape index (κ1) is 27.3. The van der Waals surface area contributed by atoms with Gasteiger partial charge < -0.3 is 14.0 Å². The van der Waals surface area contributed by atoms with E-state index in [0.717, 1.165) is 0 Å². The Labute approximate surface area is 208 Å². The van der Waals surface area contributed by atoms with Crippen molar-refractivity contribution in [3.05, 3.63) is 57.7 Å². The van der Waals surface area contributed by atoms with Crippen molar-refractivity contribution in [2.75, 3.05) is 12.8 Å². The molecule has 0 aliphatic carbocycles. The third-order valence-electron chi connectivity index (χ3n) is 5.26. The molecule has 12 heteroatoms. The molecule has 9 nitrogen and oxygen atoms in total. The molecule has 2 unspecified atom stereocenters. The predicted octanol–water partition coefficient (Wildman–Crippen LogP) is 4.80. The molecule has 1 N–H and O–H groups in total. The van der Waals surface area contributed by atoms with Gasteiger partial charge in [0.15, 0.2) is 16.7 Å². The largest absolute Gasteiger partial charge is 0.463 e. The molecule has 0 radical (unpaired) electrons. The van der Waals surface area contributed by atoms with Crippen LogP contribution in [0.5, 0.6) is 5.75 Å². The lowest BCUT2D eigenvalue weighted by atomic mass is 10.0. The summed E-state index contributed by atoms with van der Waals surface area (Å²) in [6.45, 7) is 6.13. The molecule has 35 heavy (non-hydrogen) atoms. The van der Waals surface area contributed by atoms with E-state index in [1.807, 2.05) is 0 Å². The Balaban J connectivity index is 1.75. The van der Waals surface area contributed by atoms with E-state index < -0.39 is 43.0 Å². The number of H-pyrrole nitrogens is 1. The summed E-state index contributed by atoms with van der Waals surface area (Å²) >= 11 is 5.14. The van der Waals surface area contributed by atoms with Crippen molar-refractivity contribution in [1.29, 1.82) is 0 Å². The van der Waals surface area contributed by atoms with Gasteiger partial charge in [-0.1, -0.05) is 25.1 Å². The molecule has 2 heterocycles. The highest BCUT2D eigenvalue weighted by Gasteiger charge is 2.48. The topological polar surface area (TPSA) is 109 Å². The van der Waals surface area contributed by atoms with Gasteiger partial charge in [0.2, 0.25) is 0 Å². The Kier molecular flexibility index (Phi) is 8.69. The van der Waals surface area contributed by atoms with E-state index in [4.69, 9.17) is 30.7 Å². The van der Waals surface area contributed by atoms with Crippen LogP contribution in [0.2, 0.25) is 0 Å². The van der Waals surface area contributed by atoms with E-state index in [1.165, 1.54) is 23.8 Å². The number of benzene rings is 1. The van der Waals surface area contributed by atoms with Gasteiger partial charge >= 0.3 is 13.6 Å². The van der Waals surface area contributed by atoms with E-state index >= 15 is 4.39 Å². The molecule has 0 saturated carbocycles. The van der Waals surface area contributed by atoms with E-state index in [-0.39, 0.29) is 30.1 Å². The lowest BCUT2D eigenvalue weighted by molar-refractivity contribution is -0.151. The van der Waals surface area contributed by atoms with Crippen LogP contribution < -0.4 is 10.1 Å². The van der Waals surface area contributed by atoms with Crippen LogP contribution in [0.1, 0.15) is 40.3 Å². The van der Waals surface area contributed by atoms with Gasteiger partial charge in [-0.05, 0) is 45.1 Å². The summed E-state index contributed by atoms with van der Waals surface area (Å²) < 4.78 is 52.9. The number of alkyl halides is 1. The summed E-state index contributed by atoms with van der Waals surface area (Å²) in [6.07, 6.45) is -1.18. The van der Waals surface area contributed by atoms with E-state index in [9.17, 15) is 14.2 Å². The zero-order valence-electron chi connectivity index (χ0n) is 20.0. The molecule has 3 rings (SSSR count). The summed E-state index contributed by atoms with van der Waals surface area (Å²) in [6, 6.07) is 9.65. The molecule has 1 aromatic carbocycles. The number of hydrogen-bond donors (Lipinski definition) is 1. The van der Waals surface area contributed by atoms with Crippen molar-refractivity contribution in [2.45, 2.75) is 58.2 Å². The monoisotopic (exact) mass is 528 g/mol. The van der Waals surface area contributed by atoms with Gasteiger partial charge in [0.1, 0.15) is 5.75 Å².